The van der Waals surface area contributed by atoms with Gasteiger partial charge in [-0.2, -0.15) is 0 Å². The van der Waals surface area contributed by atoms with Crippen LogP contribution in [0.1, 0.15) is 38.2 Å². The number of nitrogens with zero attached hydrogens (tertiary/aromatic N) is 2. The van der Waals surface area contributed by atoms with Crippen molar-refractivity contribution in [1.82, 2.24) is 0 Å². The zero-order valence-electron chi connectivity index (χ0n) is 12.8. The Labute approximate surface area is 126 Å². The highest BCUT2D eigenvalue weighted by molar-refractivity contribution is 5.97. The first-order valence-corrected chi connectivity index (χ1v) is 8.43. The van der Waals surface area contributed by atoms with Gasteiger partial charge in [-0.05, 0) is 61.8 Å². The summed E-state index contributed by atoms with van der Waals surface area (Å²) in [5.41, 5.74) is 3.86. The van der Waals surface area contributed by atoms with E-state index in [1.54, 1.807) is 0 Å². The molecule has 0 aromatic heterocycles. The van der Waals surface area contributed by atoms with Crippen molar-refractivity contribution in [1.29, 1.82) is 0 Å². The average Bonchev–Trinajstić information content (AvgIpc) is 3.05. The Morgan fingerprint density at radius 1 is 1.19 bits per heavy atom. The van der Waals surface area contributed by atoms with Gasteiger partial charge in [-0.25, -0.2) is 0 Å². The van der Waals surface area contributed by atoms with Crippen molar-refractivity contribution < 1.29 is 4.79 Å². The van der Waals surface area contributed by atoms with Crippen LogP contribution in [0.5, 0.6) is 0 Å². The van der Waals surface area contributed by atoms with Crippen LogP contribution in [0.3, 0.4) is 0 Å². The van der Waals surface area contributed by atoms with Crippen LogP contribution in [-0.4, -0.2) is 25.5 Å². The first-order valence-electron chi connectivity index (χ1n) is 8.43. The second kappa shape index (κ2) is 5.04. The van der Waals surface area contributed by atoms with E-state index in [9.17, 15) is 4.79 Å². The van der Waals surface area contributed by atoms with Crippen LogP contribution in [0, 0.1) is 11.8 Å². The number of rotatable bonds is 3. The SMILES string of the molecule is CC(C(=O)N1CCc2cc(N3CCCC3)ccc21)C1CC1. The predicted molar refractivity (Wildman–Crippen MR) is 85.8 cm³/mol. The van der Waals surface area contributed by atoms with Crippen molar-refractivity contribution in [3.05, 3.63) is 23.8 Å². The van der Waals surface area contributed by atoms with Crippen LogP contribution >= 0.6 is 0 Å². The van der Waals surface area contributed by atoms with Gasteiger partial charge in [-0.15, -0.1) is 0 Å². The second-order valence-electron chi connectivity index (χ2n) is 6.87. The summed E-state index contributed by atoms with van der Waals surface area (Å²) >= 11 is 0. The van der Waals surface area contributed by atoms with E-state index in [0.29, 0.717) is 11.8 Å². The third kappa shape index (κ3) is 2.33. The number of amides is 1. The van der Waals surface area contributed by atoms with Gasteiger partial charge in [0, 0.05) is 36.9 Å². The van der Waals surface area contributed by atoms with Crippen molar-refractivity contribution in [3.63, 3.8) is 0 Å². The minimum Gasteiger partial charge on any atom is -0.372 e. The number of hydrogen-bond acceptors (Lipinski definition) is 2. The molecule has 1 saturated heterocycles. The molecule has 0 radical (unpaired) electrons. The van der Waals surface area contributed by atoms with E-state index in [1.165, 1.54) is 50.0 Å². The fourth-order valence-corrected chi connectivity index (χ4v) is 3.83. The molecule has 112 valence electrons. The number of benzene rings is 1. The summed E-state index contributed by atoms with van der Waals surface area (Å²) in [6.07, 6.45) is 6.10. The summed E-state index contributed by atoms with van der Waals surface area (Å²) in [4.78, 5) is 17.1. The number of hydrogen-bond donors (Lipinski definition) is 0. The molecule has 0 spiro atoms. The van der Waals surface area contributed by atoms with E-state index in [2.05, 4.69) is 30.0 Å². The van der Waals surface area contributed by atoms with Crippen molar-refractivity contribution >= 4 is 17.3 Å². The van der Waals surface area contributed by atoms with Gasteiger partial charge in [0.25, 0.3) is 0 Å². The fourth-order valence-electron chi connectivity index (χ4n) is 3.83. The lowest BCUT2D eigenvalue weighted by Crippen LogP contribution is -2.34. The maximum Gasteiger partial charge on any atom is 0.230 e. The van der Waals surface area contributed by atoms with Gasteiger partial charge in [0.15, 0.2) is 0 Å². The maximum absolute atomic E-state index is 12.6. The minimum atomic E-state index is 0.203. The molecular weight excluding hydrogens is 260 g/mol. The van der Waals surface area contributed by atoms with Crippen LogP contribution < -0.4 is 9.80 Å². The molecule has 3 heteroatoms. The van der Waals surface area contributed by atoms with Gasteiger partial charge in [0.05, 0.1) is 0 Å². The molecule has 0 bridgehead atoms. The van der Waals surface area contributed by atoms with E-state index < -0.39 is 0 Å². The molecule has 1 atom stereocenters. The Bertz CT molecular complexity index is 558. The number of fused-ring (bicyclic) bond motifs is 1. The average molecular weight is 284 g/mol. The summed E-state index contributed by atoms with van der Waals surface area (Å²) in [6.45, 7) is 5.34. The summed E-state index contributed by atoms with van der Waals surface area (Å²) in [5.74, 6) is 1.19. The summed E-state index contributed by atoms with van der Waals surface area (Å²) < 4.78 is 0. The van der Waals surface area contributed by atoms with Gasteiger partial charge in [0.2, 0.25) is 5.91 Å². The molecule has 3 nitrogen and oxygen atoms in total. The number of carbonyl (C=O) groups excluding carboxylic acids is 1. The van der Waals surface area contributed by atoms with Gasteiger partial charge >= 0.3 is 0 Å². The van der Waals surface area contributed by atoms with Gasteiger partial charge in [0.1, 0.15) is 0 Å². The molecule has 3 aliphatic rings. The van der Waals surface area contributed by atoms with Crippen LogP contribution in [0.15, 0.2) is 18.2 Å². The molecule has 4 rings (SSSR count). The summed E-state index contributed by atoms with van der Waals surface area (Å²) in [7, 11) is 0. The van der Waals surface area contributed by atoms with Crippen molar-refractivity contribution in [2.24, 2.45) is 11.8 Å². The molecule has 2 fully saturated rings. The molecular formula is C18H24N2O. The molecule has 21 heavy (non-hydrogen) atoms. The van der Waals surface area contributed by atoms with Crippen LogP contribution in [-0.2, 0) is 11.2 Å². The monoisotopic (exact) mass is 284 g/mol. The highest BCUT2D eigenvalue weighted by atomic mass is 16.2. The lowest BCUT2D eigenvalue weighted by Gasteiger charge is -2.23. The third-order valence-corrected chi connectivity index (χ3v) is 5.41. The quantitative estimate of drug-likeness (QED) is 0.851. The second-order valence-corrected chi connectivity index (χ2v) is 6.87. The Kier molecular flexibility index (Phi) is 3.16. The van der Waals surface area contributed by atoms with E-state index in [4.69, 9.17) is 0 Å². The van der Waals surface area contributed by atoms with Crippen LogP contribution in [0.4, 0.5) is 11.4 Å². The minimum absolute atomic E-state index is 0.203. The molecule has 0 N–H and O–H groups in total. The zero-order chi connectivity index (χ0) is 14.4. The van der Waals surface area contributed by atoms with Gasteiger partial charge in [-0.3, -0.25) is 4.79 Å². The first kappa shape index (κ1) is 13.2. The lowest BCUT2D eigenvalue weighted by atomic mass is 10.0. The van der Waals surface area contributed by atoms with Crippen LogP contribution in [0.2, 0.25) is 0 Å². The Balaban J connectivity index is 1.56. The highest BCUT2D eigenvalue weighted by Gasteiger charge is 2.37. The molecule has 1 unspecified atom stereocenters. The van der Waals surface area contributed by atoms with Crippen molar-refractivity contribution in [3.8, 4) is 0 Å². The van der Waals surface area contributed by atoms with Crippen molar-refractivity contribution in [2.75, 3.05) is 29.4 Å². The largest absolute Gasteiger partial charge is 0.372 e. The van der Waals surface area contributed by atoms with E-state index in [-0.39, 0.29) is 5.92 Å². The third-order valence-electron chi connectivity index (χ3n) is 5.41. The Morgan fingerprint density at radius 2 is 1.95 bits per heavy atom. The smallest absolute Gasteiger partial charge is 0.230 e. The number of carbonyl (C=O) groups is 1. The summed E-state index contributed by atoms with van der Waals surface area (Å²) in [5, 5.41) is 0. The van der Waals surface area contributed by atoms with E-state index >= 15 is 0 Å². The molecule has 1 aliphatic carbocycles. The molecule has 2 heterocycles. The van der Waals surface area contributed by atoms with Gasteiger partial charge in [-0.1, -0.05) is 6.92 Å². The van der Waals surface area contributed by atoms with E-state index in [0.717, 1.165) is 18.7 Å². The zero-order valence-corrected chi connectivity index (χ0v) is 12.8. The highest BCUT2D eigenvalue weighted by Crippen LogP contribution is 2.40. The number of anilines is 2. The standard InChI is InChI=1S/C18H24N2O/c1-13(14-4-5-14)18(21)20-11-8-15-12-16(6-7-17(15)20)19-9-2-3-10-19/h6-7,12-14H,2-5,8-11H2,1H3. The Hall–Kier alpha value is -1.51. The molecule has 1 saturated carbocycles. The topological polar surface area (TPSA) is 23.6 Å². The van der Waals surface area contributed by atoms with Gasteiger partial charge < -0.3 is 9.80 Å². The normalized spacial score (nSPS) is 22.5. The molecule has 1 aromatic rings. The molecule has 2 aliphatic heterocycles. The first-order chi connectivity index (χ1) is 10.2. The fraction of sp³-hybridized carbons (Fsp3) is 0.611. The molecule has 1 aromatic carbocycles. The van der Waals surface area contributed by atoms with Crippen molar-refractivity contribution in [2.45, 2.75) is 39.0 Å². The Morgan fingerprint density at radius 3 is 2.67 bits per heavy atom. The van der Waals surface area contributed by atoms with E-state index in [1.807, 2.05) is 4.90 Å². The maximum atomic E-state index is 12.6. The predicted octanol–water partition coefficient (Wildman–Crippen LogP) is 3.22. The van der Waals surface area contributed by atoms with Crippen LogP contribution in [0.25, 0.3) is 0 Å². The summed E-state index contributed by atoms with van der Waals surface area (Å²) in [6, 6.07) is 6.70. The molecule has 1 amide bonds. The lowest BCUT2D eigenvalue weighted by molar-refractivity contribution is -0.122.